The third kappa shape index (κ3) is 4.29. The lowest BCUT2D eigenvalue weighted by atomic mass is 10.1. The molecule has 2 atom stereocenters. The number of hydrogen-bond acceptors (Lipinski definition) is 5. The standard InChI is InChI=1S/C13H19N3O3S/c17-11-7-14-5-10(11)6-16-12(18)1-3-15-13(19)9-2-4-20-8-9/h2,4,8,10-11,14,17H,1,3,5-7H2,(H,15,19)(H,16,18). The van der Waals surface area contributed by atoms with E-state index in [1.165, 1.54) is 11.3 Å². The molecule has 2 heterocycles. The van der Waals surface area contributed by atoms with Crippen LogP contribution in [0.2, 0.25) is 0 Å². The van der Waals surface area contributed by atoms with Crippen LogP contribution in [-0.4, -0.2) is 49.2 Å². The monoisotopic (exact) mass is 297 g/mol. The summed E-state index contributed by atoms with van der Waals surface area (Å²) in [5.74, 6) is -0.205. The van der Waals surface area contributed by atoms with Crippen molar-refractivity contribution in [3.63, 3.8) is 0 Å². The number of carbonyl (C=O) groups is 2. The normalized spacial score (nSPS) is 21.6. The van der Waals surface area contributed by atoms with Crippen molar-refractivity contribution < 1.29 is 14.7 Å². The van der Waals surface area contributed by atoms with Crippen LogP contribution in [0.4, 0.5) is 0 Å². The Morgan fingerprint density at radius 3 is 2.90 bits per heavy atom. The number of carbonyl (C=O) groups excluding carboxylic acids is 2. The van der Waals surface area contributed by atoms with Crippen LogP contribution in [0.25, 0.3) is 0 Å². The maximum atomic E-state index is 11.6. The van der Waals surface area contributed by atoms with Crippen LogP contribution in [0.5, 0.6) is 0 Å². The number of nitrogens with one attached hydrogen (secondary N) is 3. The number of rotatable bonds is 6. The van der Waals surface area contributed by atoms with Gasteiger partial charge in [0, 0.05) is 49.5 Å². The lowest BCUT2D eigenvalue weighted by Crippen LogP contribution is -2.36. The van der Waals surface area contributed by atoms with Crippen LogP contribution in [0, 0.1) is 5.92 Å². The van der Waals surface area contributed by atoms with Gasteiger partial charge in [-0.15, -0.1) is 0 Å². The highest BCUT2D eigenvalue weighted by atomic mass is 32.1. The highest BCUT2D eigenvalue weighted by Crippen LogP contribution is 2.07. The van der Waals surface area contributed by atoms with E-state index in [1.807, 2.05) is 5.38 Å². The van der Waals surface area contributed by atoms with Gasteiger partial charge in [-0.2, -0.15) is 11.3 Å². The Balaban J connectivity index is 1.59. The average Bonchev–Trinajstić information content (AvgIpc) is 3.07. The minimum Gasteiger partial charge on any atom is -0.391 e. The van der Waals surface area contributed by atoms with E-state index in [2.05, 4.69) is 16.0 Å². The molecule has 110 valence electrons. The van der Waals surface area contributed by atoms with E-state index in [9.17, 15) is 14.7 Å². The van der Waals surface area contributed by atoms with Gasteiger partial charge in [0.05, 0.1) is 6.10 Å². The second-order valence-electron chi connectivity index (χ2n) is 4.81. The SMILES string of the molecule is O=C(CCNC(=O)c1ccsc1)NCC1CNCC1O. The number of β-amino-alcohol motifs (C(OH)–C–C–N with tert-alkyl or cyclic N) is 1. The summed E-state index contributed by atoms with van der Waals surface area (Å²) < 4.78 is 0. The van der Waals surface area contributed by atoms with Crippen LogP contribution in [0.15, 0.2) is 16.8 Å². The molecule has 0 saturated carbocycles. The third-order valence-corrected chi connectivity index (χ3v) is 3.97. The predicted molar refractivity (Wildman–Crippen MR) is 76.6 cm³/mol. The van der Waals surface area contributed by atoms with Crippen LogP contribution >= 0.6 is 11.3 Å². The molecule has 1 aromatic heterocycles. The number of hydrogen-bond donors (Lipinski definition) is 4. The Morgan fingerprint density at radius 2 is 2.25 bits per heavy atom. The van der Waals surface area contributed by atoms with E-state index in [1.54, 1.807) is 11.4 Å². The van der Waals surface area contributed by atoms with Crippen molar-refractivity contribution in [2.75, 3.05) is 26.2 Å². The summed E-state index contributed by atoms with van der Waals surface area (Å²) in [6, 6.07) is 1.74. The summed E-state index contributed by atoms with van der Waals surface area (Å²) in [5, 5.41) is 21.7. The molecule has 0 spiro atoms. The molecule has 1 aliphatic rings. The summed E-state index contributed by atoms with van der Waals surface area (Å²) in [6.45, 7) is 2.07. The minimum absolute atomic E-state index is 0.0688. The van der Waals surface area contributed by atoms with Gasteiger partial charge in [0.1, 0.15) is 0 Å². The molecular weight excluding hydrogens is 278 g/mol. The first-order valence-corrected chi connectivity index (χ1v) is 7.57. The topological polar surface area (TPSA) is 90.5 Å². The van der Waals surface area contributed by atoms with Gasteiger partial charge in [0.2, 0.25) is 5.91 Å². The summed E-state index contributed by atoms with van der Waals surface area (Å²) in [4.78, 5) is 23.2. The Morgan fingerprint density at radius 1 is 1.40 bits per heavy atom. The minimum atomic E-state index is -0.395. The largest absolute Gasteiger partial charge is 0.391 e. The van der Waals surface area contributed by atoms with Crippen LogP contribution in [0.1, 0.15) is 16.8 Å². The number of aliphatic hydroxyl groups is 1. The molecule has 20 heavy (non-hydrogen) atoms. The quantitative estimate of drug-likeness (QED) is 0.573. The van der Waals surface area contributed by atoms with Crippen molar-refractivity contribution in [1.29, 1.82) is 0 Å². The molecule has 1 fully saturated rings. The van der Waals surface area contributed by atoms with E-state index < -0.39 is 6.10 Å². The Kier molecular flexibility index (Phi) is 5.51. The van der Waals surface area contributed by atoms with Gasteiger partial charge in [-0.25, -0.2) is 0 Å². The molecule has 0 aromatic carbocycles. The van der Waals surface area contributed by atoms with Gasteiger partial charge in [-0.1, -0.05) is 0 Å². The zero-order valence-electron chi connectivity index (χ0n) is 11.1. The van der Waals surface area contributed by atoms with E-state index >= 15 is 0 Å². The Hall–Kier alpha value is -1.44. The lowest BCUT2D eigenvalue weighted by Gasteiger charge is -2.14. The fraction of sp³-hybridized carbons (Fsp3) is 0.538. The van der Waals surface area contributed by atoms with Gasteiger partial charge in [-0.3, -0.25) is 9.59 Å². The first-order chi connectivity index (χ1) is 9.66. The molecular formula is C13H19N3O3S. The number of thiophene rings is 1. The number of amides is 2. The maximum Gasteiger partial charge on any atom is 0.252 e. The maximum absolute atomic E-state index is 11.6. The molecule has 2 unspecified atom stereocenters. The van der Waals surface area contributed by atoms with Crippen molar-refractivity contribution >= 4 is 23.2 Å². The van der Waals surface area contributed by atoms with Crippen molar-refractivity contribution in [2.45, 2.75) is 12.5 Å². The van der Waals surface area contributed by atoms with Crippen LogP contribution < -0.4 is 16.0 Å². The molecule has 0 aliphatic carbocycles. The Bertz CT molecular complexity index is 450. The van der Waals surface area contributed by atoms with E-state index in [4.69, 9.17) is 0 Å². The van der Waals surface area contributed by atoms with Gasteiger partial charge in [0.25, 0.3) is 5.91 Å². The summed E-state index contributed by atoms with van der Waals surface area (Å²) >= 11 is 1.46. The summed E-state index contributed by atoms with van der Waals surface area (Å²) in [6.07, 6.45) is -0.153. The third-order valence-electron chi connectivity index (χ3n) is 3.29. The highest BCUT2D eigenvalue weighted by Gasteiger charge is 2.24. The van der Waals surface area contributed by atoms with E-state index in [0.29, 0.717) is 25.2 Å². The highest BCUT2D eigenvalue weighted by molar-refractivity contribution is 7.08. The second kappa shape index (κ2) is 7.37. The fourth-order valence-corrected chi connectivity index (χ4v) is 2.68. The summed E-state index contributed by atoms with van der Waals surface area (Å²) in [5.41, 5.74) is 0.621. The first-order valence-electron chi connectivity index (χ1n) is 6.62. The lowest BCUT2D eigenvalue weighted by molar-refractivity contribution is -0.121. The van der Waals surface area contributed by atoms with Gasteiger partial charge in [-0.05, 0) is 11.4 Å². The smallest absolute Gasteiger partial charge is 0.252 e. The van der Waals surface area contributed by atoms with Crippen molar-refractivity contribution in [3.05, 3.63) is 22.4 Å². The molecule has 6 nitrogen and oxygen atoms in total. The molecule has 1 saturated heterocycles. The van der Waals surface area contributed by atoms with Crippen molar-refractivity contribution in [2.24, 2.45) is 5.92 Å². The zero-order valence-corrected chi connectivity index (χ0v) is 11.9. The van der Waals surface area contributed by atoms with Gasteiger partial charge >= 0.3 is 0 Å². The second-order valence-corrected chi connectivity index (χ2v) is 5.59. The van der Waals surface area contributed by atoms with Crippen LogP contribution in [-0.2, 0) is 4.79 Å². The Labute approximate surface area is 121 Å². The van der Waals surface area contributed by atoms with Crippen molar-refractivity contribution in [1.82, 2.24) is 16.0 Å². The zero-order chi connectivity index (χ0) is 14.4. The fourth-order valence-electron chi connectivity index (χ4n) is 2.05. The molecule has 2 amide bonds. The molecule has 1 aliphatic heterocycles. The first kappa shape index (κ1) is 15.0. The molecule has 0 bridgehead atoms. The molecule has 2 rings (SSSR count). The van der Waals surface area contributed by atoms with E-state index in [0.717, 1.165) is 6.54 Å². The van der Waals surface area contributed by atoms with E-state index in [-0.39, 0.29) is 24.2 Å². The molecule has 0 radical (unpaired) electrons. The van der Waals surface area contributed by atoms with Gasteiger partial charge < -0.3 is 21.1 Å². The van der Waals surface area contributed by atoms with Crippen LogP contribution in [0.3, 0.4) is 0 Å². The molecule has 7 heteroatoms. The predicted octanol–water partition coefficient (Wildman–Crippen LogP) is -0.435. The van der Waals surface area contributed by atoms with Gasteiger partial charge in [0.15, 0.2) is 0 Å². The van der Waals surface area contributed by atoms with Crippen molar-refractivity contribution in [3.8, 4) is 0 Å². The number of aliphatic hydroxyl groups excluding tert-OH is 1. The summed E-state index contributed by atoms with van der Waals surface area (Å²) in [7, 11) is 0. The molecule has 4 N–H and O–H groups in total. The molecule has 1 aromatic rings. The average molecular weight is 297 g/mol.